The Kier molecular flexibility index (Phi) is 9.55. The van der Waals surface area contributed by atoms with Crippen molar-refractivity contribution in [3.8, 4) is 0 Å². The molecule has 29 heavy (non-hydrogen) atoms. The molecule has 0 spiro atoms. The lowest BCUT2D eigenvalue weighted by Gasteiger charge is -2.29. The first-order valence-electron chi connectivity index (χ1n) is 9.80. The third-order valence-electron chi connectivity index (χ3n) is 4.49. The third-order valence-corrected chi connectivity index (χ3v) is 5.84. The number of halogens is 1. The molecule has 0 aromatic heterocycles. The second-order valence-electron chi connectivity index (χ2n) is 7.41. The van der Waals surface area contributed by atoms with Crippen molar-refractivity contribution in [1.29, 1.82) is 0 Å². The molecule has 1 unspecified atom stereocenters. The molecule has 0 aliphatic carbocycles. The summed E-state index contributed by atoms with van der Waals surface area (Å²) in [5.74, 6) is 1.19. The van der Waals surface area contributed by atoms with Gasteiger partial charge in [-0.2, -0.15) is 0 Å². The molecule has 0 heterocycles. The maximum atomic E-state index is 13.0. The SMILES string of the molecule is CC(C)CNC(=O)C(C)N(Cc1ccccc1Cl)C(=O)CSCc1ccccc1. The van der Waals surface area contributed by atoms with E-state index in [2.05, 4.69) is 5.32 Å². The molecule has 2 amide bonds. The molecule has 0 aliphatic rings. The summed E-state index contributed by atoms with van der Waals surface area (Å²) >= 11 is 7.85. The van der Waals surface area contributed by atoms with E-state index in [1.165, 1.54) is 5.56 Å². The summed E-state index contributed by atoms with van der Waals surface area (Å²) in [5.41, 5.74) is 2.00. The van der Waals surface area contributed by atoms with Gasteiger partial charge in [0.05, 0.1) is 5.75 Å². The molecule has 0 bridgehead atoms. The van der Waals surface area contributed by atoms with Crippen LogP contribution in [0.3, 0.4) is 0 Å². The Bertz CT molecular complexity index is 798. The topological polar surface area (TPSA) is 49.4 Å². The lowest BCUT2D eigenvalue weighted by molar-refractivity contribution is -0.138. The van der Waals surface area contributed by atoms with Crippen LogP contribution in [0.1, 0.15) is 31.9 Å². The summed E-state index contributed by atoms with van der Waals surface area (Å²) in [7, 11) is 0. The van der Waals surface area contributed by atoms with Gasteiger partial charge in [-0.25, -0.2) is 0 Å². The molecule has 4 nitrogen and oxygen atoms in total. The van der Waals surface area contributed by atoms with E-state index in [1.54, 1.807) is 29.7 Å². The number of hydrogen-bond acceptors (Lipinski definition) is 3. The average molecular weight is 433 g/mol. The van der Waals surface area contributed by atoms with Gasteiger partial charge in [0.15, 0.2) is 0 Å². The van der Waals surface area contributed by atoms with Gasteiger partial charge in [-0.1, -0.05) is 74.0 Å². The second-order valence-corrected chi connectivity index (χ2v) is 8.80. The van der Waals surface area contributed by atoms with Crippen molar-refractivity contribution in [3.05, 3.63) is 70.7 Å². The Morgan fingerprint density at radius 2 is 1.69 bits per heavy atom. The van der Waals surface area contributed by atoms with Gasteiger partial charge in [0.1, 0.15) is 6.04 Å². The van der Waals surface area contributed by atoms with E-state index < -0.39 is 6.04 Å². The highest BCUT2D eigenvalue weighted by Gasteiger charge is 2.26. The largest absolute Gasteiger partial charge is 0.354 e. The molecular formula is C23H29ClN2O2S. The molecule has 1 atom stereocenters. The van der Waals surface area contributed by atoms with Crippen LogP contribution in [-0.2, 0) is 21.9 Å². The van der Waals surface area contributed by atoms with E-state index in [0.29, 0.717) is 29.8 Å². The standard InChI is InChI=1S/C23H29ClN2O2S/c1-17(2)13-25-23(28)18(3)26(14-20-11-7-8-12-21(20)24)22(27)16-29-15-19-9-5-4-6-10-19/h4-12,17-18H,13-16H2,1-3H3,(H,25,28). The molecule has 2 aromatic carbocycles. The summed E-state index contributed by atoms with van der Waals surface area (Å²) in [6, 6.07) is 16.9. The van der Waals surface area contributed by atoms with Crippen LogP contribution in [0.5, 0.6) is 0 Å². The Labute approximate surface area is 183 Å². The van der Waals surface area contributed by atoms with Crippen LogP contribution in [-0.4, -0.2) is 35.1 Å². The monoisotopic (exact) mass is 432 g/mol. The van der Waals surface area contributed by atoms with E-state index in [4.69, 9.17) is 11.6 Å². The number of nitrogens with one attached hydrogen (secondary N) is 1. The van der Waals surface area contributed by atoms with Gasteiger partial charge in [-0.3, -0.25) is 9.59 Å². The van der Waals surface area contributed by atoms with Crippen molar-refractivity contribution in [3.63, 3.8) is 0 Å². The number of hydrogen-bond donors (Lipinski definition) is 1. The predicted molar refractivity (Wildman–Crippen MR) is 122 cm³/mol. The Balaban J connectivity index is 2.06. The van der Waals surface area contributed by atoms with Crippen molar-refractivity contribution in [1.82, 2.24) is 10.2 Å². The van der Waals surface area contributed by atoms with Crippen molar-refractivity contribution >= 4 is 35.2 Å². The van der Waals surface area contributed by atoms with E-state index in [0.717, 1.165) is 11.3 Å². The third kappa shape index (κ3) is 7.75. The zero-order chi connectivity index (χ0) is 21.2. The molecule has 0 radical (unpaired) electrons. The summed E-state index contributed by atoms with van der Waals surface area (Å²) in [6.45, 7) is 6.74. The number of carbonyl (C=O) groups is 2. The normalized spacial score (nSPS) is 11.9. The van der Waals surface area contributed by atoms with Crippen LogP contribution in [0.2, 0.25) is 5.02 Å². The molecule has 1 N–H and O–H groups in total. The van der Waals surface area contributed by atoms with Gasteiger partial charge in [0.2, 0.25) is 11.8 Å². The van der Waals surface area contributed by atoms with Crippen molar-refractivity contribution in [2.75, 3.05) is 12.3 Å². The fraction of sp³-hybridized carbons (Fsp3) is 0.391. The Hall–Kier alpha value is -1.98. The van der Waals surface area contributed by atoms with Crippen molar-refractivity contribution < 1.29 is 9.59 Å². The van der Waals surface area contributed by atoms with E-state index in [-0.39, 0.29) is 11.8 Å². The summed E-state index contributed by atoms with van der Waals surface area (Å²) < 4.78 is 0. The number of rotatable bonds is 10. The number of thioether (sulfide) groups is 1. The van der Waals surface area contributed by atoms with E-state index in [1.807, 2.05) is 62.4 Å². The van der Waals surface area contributed by atoms with Crippen LogP contribution in [0, 0.1) is 5.92 Å². The van der Waals surface area contributed by atoms with Crippen LogP contribution in [0.4, 0.5) is 0 Å². The molecule has 0 saturated carbocycles. The molecule has 2 aromatic rings. The first-order valence-corrected chi connectivity index (χ1v) is 11.3. The minimum atomic E-state index is -0.574. The number of amides is 2. The maximum Gasteiger partial charge on any atom is 0.242 e. The second kappa shape index (κ2) is 11.9. The van der Waals surface area contributed by atoms with Crippen LogP contribution in [0.25, 0.3) is 0 Å². The van der Waals surface area contributed by atoms with E-state index in [9.17, 15) is 9.59 Å². The fourth-order valence-corrected chi connectivity index (χ4v) is 3.82. The fourth-order valence-electron chi connectivity index (χ4n) is 2.76. The summed E-state index contributed by atoms with van der Waals surface area (Å²) in [5, 5.41) is 3.52. The van der Waals surface area contributed by atoms with Gasteiger partial charge in [0.25, 0.3) is 0 Å². The first-order chi connectivity index (χ1) is 13.9. The highest BCUT2D eigenvalue weighted by molar-refractivity contribution is 7.99. The summed E-state index contributed by atoms with van der Waals surface area (Å²) in [6.07, 6.45) is 0. The molecular weight excluding hydrogens is 404 g/mol. The zero-order valence-electron chi connectivity index (χ0n) is 17.2. The number of carbonyl (C=O) groups excluding carboxylic acids is 2. The Morgan fingerprint density at radius 1 is 1.03 bits per heavy atom. The summed E-state index contributed by atoms with van der Waals surface area (Å²) in [4.78, 5) is 27.3. The number of nitrogens with zero attached hydrogens (tertiary/aromatic N) is 1. The van der Waals surface area contributed by atoms with Crippen molar-refractivity contribution in [2.45, 2.75) is 39.1 Å². The molecule has 6 heteroatoms. The highest BCUT2D eigenvalue weighted by Crippen LogP contribution is 2.20. The molecule has 156 valence electrons. The average Bonchev–Trinajstić information content (AvgIpc) is 2.71. The maximum absolute atomic E-state index is 13.0. The van der Waals surface area contributed by atoms with E-state index >= 15 is 0 Å². The first kappa shape index (κ1) is 23.3. The van der Waals surface area contributed by atoms with Crippen LogP contribution < -0.4 is 5.32 Å². The quantitative estimate of drug-likeness (QED) is 0.588. The van der Waals surface area contributed by atoms with Gasteiger partial charge < -0.3 is 10.2 Å². The Morgan fingerprint density at radius 3 is 2.34 bits per heavy atom. The lowest BCUT2D eigenvalue weighted by Crippen LogP contribution is -2.48. The minimum absolute atomic E-state index is 0.0713. The van der Waals surface area contributed by atoms with Crippen molar-refractivity contribution in [2.24, 2.45) is 5.92 Å². The van der Waals surface area contributed by atoms with Crippen LogP contribution in [0.15, 0.2) is 54.6 Å². The molecule has 0 fully saturated rings. The minimum Gasteiger partial charge on any atom is -0.354 e. The highest BCUT2D eigenvalue weighted by atomic mass is 35.5. The zero-order valence-corrected chi connectivity index (χ0v) is 18.8. The molecule has 2 rings (SSSR count). The molecule has 0 saturated heterocycles. The van der Waals surface area contributed by atoms with Crippen LogP contribution >= 0.6 is 23.4 Å². The smallest absolute Gasteiger partial charge is 0.242 e. The van der Waals surface area contributed by atoms with Gasteiger partial charge in [-0.15, -0.1) is 11.8 Å². The lowest BCUT2D eigenvalue weighted by atomic mass is 10.1. The van der Waals surface area contributed by atoms with Gasteiger partial charge in [0, 0.05) is 23.9 Å². The molecule has 0 aliphatic heterocycles. The predicted octanol–water partition coefficient (Wildman–Crippen LogP) is 4.76. The van der Waals surface area contributed by atoms with Gasteiger partial charge in [-0.05, 0) is 30.0 Å². The number of benzene rings is 2. The van der Waals surface area contributed by atoms with Gasteiger partial charge >= 0.3 is 0 Å².